The molecule has 0 aromatic heterocycles. The highest BCUT2D eigenvalue weighted by molar-refractivity contribution is 7.89. The molecule has 6 nitrogen and oxygen atoms in total. The third-order valence-electron chi connectivity index (χ3n) is 5.69. The highest BCUT2D eigenvalue weighted by Crippen LogP contribution is 2.32. The summed E-state index contributed by atoms with van der Waals surface area (Å²) >= 11 is 5.84. The Labute approximate surface area is 188 Å². The fourth-order valence-corrected chi connectivity index (χ4v) is 5.20. The molecule has 0 bridgehead atoms. The molecule has 0 radical (unpaired) electrons. The lowest BCUT2D eigenvalue weighted by molar-refractivity contribution is 0.0967. The largest absolute Gasteiger partial charge is 0.494 e. The lowest BCUT2D eigenvalue weighted by Crippen LogP contribution is -2.37. The molecule has 4 rings (SSSR count). The number of likely N-dealkylation sites (tertiary alicyclic amines) is 1. The van der Waals surface area contributed by atoms with Crippen molar-refractivity contribution in [2.45, 2.75) is 36.6 Å². The molecule has 0 spiro atoms. The number of sulfonamides is 1. The molecular formula is C23H27ClN2O4S. The highest BCUT2D eigenvalue weighted by atomic mass is 35.5. The van der Waals surface area contributed by atoms with E-state index in [1.54, 1.807) is 12.1 Å². The smallest absolute Gasteiger partial charge is 0.240 e. The molecule has 0 amide bonds. The van der Waals surface area contributed by atoms with Crippen molar-refractivity contribution >= 4 is 27.4 Å². The first-order valence-corrected chi connectivity index (χ1v) is 12.5. The number of nitrogens with one attached hydrogen (secondary N) is 1. The topological polar surface area (TPSA) is 75.7 Å². The summed E-state index contributed by atoms with van der Waals surface area (Å²) in [7, 11) is -3.54. The van der Waals surface area contributed by atoms with Crippen molar-refractivity contribution in [2.75, 3.05) is 26.2 Å². The molecular weight excluding hydrogens is 436 g/mol. The Kier molecular flexibility index (Phi) is 6.96. The van der Waals surface area contributed by atoms with Crippen molar-refractivity contribution in [2.24, 2.45) is 5.92 Å². The fourth-order valence-electron chi connectivity index (χ4n) is 3.81. The van der Waals surface area contributed by atoms with E-state index in [9.17, 15) is 13.2 Å². The van der Waals surface area contributed by atoms with Gasteiger partial charge in [-0.05, 0) is 80.8 Å². The summed E-state index contributed by atoms with van der Waals surface area (Å²) in [6.45, 7) is 2.96. The second-order valence-corrected chi connectivity index (χ2v) is 10.4. The summed E-state index contributed by atoms with van der Waals surface area (Å²) in [6, 6.07) is 13.5. The standard InChI is InChI=1S/C23H27ClN2O4S/c24-19-6-10-22(11-7-19)31(28,29)25-20-12-14-26(16-20)13-1-15-30-21-8-4-18(5-9-21)23(27)17-2-3-17/h4-11,17,20,25H,1-3,12-16H2. The molecule has 1 atom stereocenters. The van der Waals surface area contributed by atoms with Gasteiger partial charge in [0, 0.05) is 35.6 Å². The number of benzene rings is 2. The van der Waals surface area contributed by atoms with Crippen LogP contribution < -0.4 is 9.46 Å². The zero-order chi connectivity index (χ0) is 21.8. The lowest BCUT2D eigenvalue weighted by atomic mass is 10.1. The molecule has 1 aliphatic heterocycles. The number of halogens is 1. The molecule has 166 valence electrons. The van der Waals surface area contributed by atoms with Crippen LogP contribution in [0.2, 0.25) is 5.02 Å². The molecule has 2 aromatic carbocycles. The minimum Gasteiger partial charge on any atom is -0.494 e. The second kappa shape index (κ2) is 9.69. The maximum Gasteiger partial charge on any atom is 0.240 e. The van der Waals surface area contributed by atoms with Gasteiger partial charge < -0.3 is 9.64 Å². The normalized spacial score (nSPS) is 19.5. The third kappa shape index (κ3) is 6.07. The summed E-state index contributed by atoms with van der Waals surface area (Å²) in [6.07, 6.45) is 3.65. The number of carbonyl (C=O) groups excluding carboxylic acids is 1. The molecule has 1 heterocycles. The molecule has 1 saturated carbocycles. The van der Waals surface area contributed by atoms with Crippen LogP contribution in [0.1, 0.15) is 36.0 Å². The van der Waals surface area contributed by atoms with E-state index in [1.165, 1.54) is 12.1 Å². The van der Waals surface area contributed by atoms with Crippen molar-refractivity contribution < 1.29 is 17.9 Å². The van der Waals surface area contributed by atoms with Crippen LogP contribution in [0.3, 0.4) is 0 Å². The number of ketones is 1. The Morgan fingerprint density at radius 1 is 1.06 bits per heavy atom. The molecule has 1 unspecified atom stereocenters. The van der Waals surface area contributed by atoms with Gasteiger partial charge >= 0.3 is 0 Å². The molecule has 2 aromatic rings. The average molecular weight is 463 g/mol. The van der Waals surface area contributed by atoms with Crippen LogP contribution in [0.4, 0.5) is 0 Å². The van der Waals surface area contributed by atoms with Gasteiger partial charge in [-0.3, -0.25) is 4.79 Å². The first kappa shape index (κ1) is 22.3. The highest BCUT2D eigenvalue weighted by Gasteiger charge is 2.30. The SMILES string of the molecule is O=C(c1ccc(OCCCN2CCC(NS(=O)(=O)c3ccc(Cl)cc3)C2)cc1)C1CC1. The third-order valence-corrected chi connectivity index (χ3v) is 7.48. The number of Topliss-reactive ketones (excluding diaryl/α,β-unsaturated/α-hetero) is 1. The average Bonchev–Trinajstić information content (AvgIpc) is 3.52. The lowest BCUT2D eigenvalue weighted by Gasteiger charge is -2.17. The van der Waals surface area contributed by atoms with Gasteiger partial charge in [0.05, 0.1) is 11.5 Å². The van der Waals surface area contributed by atoms with Gasteiger partial charge in [-0.25, -0.2) is 13.1 Å². The Morgan fingerprint density at radius 3 is 2.45 bits per heavy atom. The quantitative estimate of drug-likeness (QED) is 0.430. The van der Waals surface area contributed by atoms with Crippen LogP contribution in [0.5, 0.6) is 5.75 Å². The van der Waals surface area contributed by atoms with Crippen molar-refractivity contribution in [1.29, 1.82) is 0 Å². The van der Waals surface area contributed by atoms with Crippen LogP contribution in [0.25, 0.3) is 0 Å². The van der Waals surface area contributed by atoms with Gasteiger partial charge in [-0.2, -0.15) is 0 Å². The molecule has 1 aliphatic carbocycles. The van der Waals surface area contributed by atoms with Gasteiger partial charge in [-0.15, -0.1) is 0 Å². The summed E-state index contributed by atoms with van der Waals surface area (Å²) in [5, 5.41) is 0.510. The molecule has 31 heavy (non-hydrogen) atoms. The van der Waals surface area contributed by atoms with Crippen molar-refractivity contribution in [1.82, 2.24) is 9.62 Å². The molecule has 8 heteroatoms. The number of nitrogens with zero attached hydrogens (tertiary/aromatic N) is 1. The Bertz CT molecular complexity index is 1000. The van der Waals surface area contributed by atoms with E-state index < -0.39 is 10.0 Å². The Hall–Kier alpha value is -1.93. The summed E-state index contributed by atoms with van der Waals surface area (Å²) in [4.78, 5) is 14.5. The van der Waals surface area contributed by atoms with Crippen LogP contribution in [0.15, 0.2) is 53.4 Å². The number of hydrogen-bond donors (Lipinski definition) is 1. The monoisotopic (exact) mass is 462 g/mol. The predicted octanol–water partition coefficient (Wildman–Crippen LogP) is 3.75. The zero-order valence-corrected chi connectivity index (χ0v) is 18.9. The second-order valence-electron chi connectivity index (χ2n) is 8.23. The van der Waals surface area contributed by atoms with Gasteiger partial charge in [0.1, 0.15) is 5.75 Å². The van der Waals surface area contributed by atoms with E-state index in [-0.39, 0.29) is 22.6 Å². The van der Waals surface area contributed by atoms with E-state index in [2.05, 4.69) is 9.62 Å². The molecule has 1 N–H and O–H groups in total. The van der Waals surface area contributed by atoms with Crippen molar-refractivity contribution in [3.05, 3.63) is 59.1 Å². The Morgan fingerprint density at radius 2 is 1.77 bits per heavy atom. The predicted molar refractivity (Wildman–Crippen MR) is 120 cm³/mol. The van der Waals surface area contributed by atoms with Crippen LogP contribution in [0, 0.1) is 5.92 Å². The number of ether oxygens (including phenoxy) is 1. The van der Waals surface area contributed by atoms with Gasteiger partial charge in [-0.1, -0.05) is 11.6 Å². The van der Waals surface area contributed by atoms with Crippen molar-refractivity contribution in [3.8, 4) is 5.75 Å². The van der Waals surface area contributed by atoms with Gasteiger partial charge in [0.25, 0.3) is 0 Å². The summed E-state index contributed by atoms with van der Waals surface area (Å²) in [5.41, 5.74) is 0.763. The number of carbonyl (C=O) groups is 1. The first-order chi connectivity index (χ1) is 14.9. The maximum atomic E-state index is 12.5. The van der Waals surface area contributed by atoms with E-state index in [0.29, 0.717) is 18.2 Å². The summed E-state index contributed by atoms with van der Waals surface area (Å²) < 4.78 is 33.6. The van der Waals surface area contributed by atoms with Gasteiger partial charge in [0.15, 0.2) is 5.78 Å². The van der Waals surface area contributed by atoms with Crippen LogP contribution in [-0.2, 0) is 10.0 Å². The maximum absolute atomic E-state index is 12.5. The van der Waals surface area contributed by atoms with E-state index in [1.807, 2.05) is 24.3 Å². The minimum absolute atomic E-state index is 0.0989. The molecule has 1 saturated heterocycles. The van der Waals surface area contributed by atoms with Crippen LogP contribution >= 0.6 is 11.6 Å². The Balaban J connectivity index is 1.17. The summed E-state index contributed by atoms with van der Waals surface area (Å²) in [5.74, 6) is 1.23. The van der Waals surface area contributed by atoms with E-state index in [0.717, 1.165) is 50.1 Å². The number of hydrogen-bond acceptors (Lipinski definition) is 5. The van der Waals surface area contributed by atoms with E-state index >= 15 is 0 Å². The van der Waals surface area contributed by atoms with E-state index in [4.69, 9.17) is 16.3 Å². The molecule has 2 aliphatic rings. The van der Waals surface area contributed by atoms with Crippen LogP contribution in [-0.4, -0.2) is 51.4 Å². The minimum atomic E-state index is -3.54. The first-order valence-electron chi connectivity index (χ1n) is 10.7. The van der Waals surface area contributed by atoms with Crippen molar-refractivity contribution in [3.63, 3.8) is 0 Å². The van der Waals surface area contributed by atoms with Gasteiger partial charge in [0.2, 0.25) is 10.0 Å². The molecule has 2 fully saturated rings. The zero-order valence-electron chi connectivity index (χ0n) is 17.3. The fraction of sp³-hybridized carbons (Fsp3) is 0.435. The number of rotatable bonds is 10.